The maximum absolute atomic E-state index is 12.8. The Balaban J connectivity index is 1.72. The molecule has 0 spiro atoms. The number of piperidine rings is 1. The predicted octanol–water partition coefficient (Wildman–Crippen LogP) is 2.46. The van der Waals surface area contributed by atoms with E-state index in [9.17, 15) is 13.2 Å². The van der Waals surface area contributed by atoms with E-state index in [0.717, 1.165) is 12.8 Å². The molecule has 8 nitrogen and oxygen atoms in total. The van der Waals surface area contributed by atoms with E-state index in [1.54, 1.807) is 20.8 Å². The highest BCUT2D eigenvalue weighted by Crippen LogP contribution is 2.24. The third-order valence-corrected chi connectivity index (χ3v) is 6.92. The lowest BCUT2D eigenvalue weighted by atomic mass is 10.0. The molecule has 0 unspecified atom stereocenters. The van der Waals surface area contributed by atoms with Crippen LogP contribution in [0, 0.1) is 12.8 Å². The summed E-state index contributed by atoms with van der Waals surface area (Å²) in [5.41, 5.74) is -0.469. The Bertz CT molecular complexity index is 943. The SMILES string of the molecule is Cc1nc(C(C)(C)NC(=O)c2ccc(S(=O)(=O)N3CCC(C)CC3)cc2)no1. The maximum atomic E-state index is 12.8. The standard InChI is InChI=1S/C19H26N4O4S/c1-13-9-11-23(12-10-13)28(25,26)16-7-5-15(6-8-16)17(24)21-19(3,4)18-20-14(2)27-22-18/h5-8,13H,9-12H2,1-4H3,(H,21,24). The number of hydrogen-bond acceptors (Lipinski definition) is 6. The number of carbonyl (C=O) groups is 1. The molecule has 3 rings (SSSR count). The second-order valence-electron chi connectivity index (χ2n) is 7.83. The van der Waals surface area contributed by atoms with Crippen LogP contribution in [0.5, 0.6) is 0 Å². The minimum absolute atomic E-state index is 0.201. The van der Waals surface area contributed by atoms with Gasteiger partial charge in [0.15, 0.2) is 5.82 Å². The molecule has 0 aliphatic carbocycles. The van der Waals surface area contributed by atoms with Gasteiger partial charge in [0.2, 0.25) is 15.9 Å². The molecule has 0 saturated carbocycles. The van der Waals surface area contributed by atoms with Crippen LogP contribution in [0.15, 0.2) is 33.7 Å². The van der Waals surface area contributed by atoms with Crippen molar-refractivity contribution in [3.05, 3.63) is 41.5 Å². The molecular formula is C19H26N4O4S. The van der Waals surface area contributed by atoms with Crippen molar-refractivity contribution >= 4 is 15.9 Å². The lowest BCUT2D eigenvalue weighted by molar-refractivity contribution is 0.0907. The number of amides is 1. The first kappa shape index (κ1) is 20.5. The minimum Gasteiger partial charge on any atom is -0.340 e. The number of benzene rings is 1. The molecule has 0 atom stereocenters. The summed E-state index contributed by atoms with van der Waals surface area (Å²) in [6.45, 7) is 8.41. The van der Waals surface area contributed by atoms with Crippen molar-refractivity contribution in [2.75, 3.05) is 13.1 Å². The third-order valence-electron chi connectivity index (χ3n) is 5.01. The maximum Gasteiger partial charge on any atom is 0.252 e. The van der Waals surface area contributed by atoms with Crippen molar-refractivity contribution in [1.29, 1.82) is 0 Å². The van der Waals surface area contributed by atoms with Crippen LogP contribution < -0.4 is 5.32 Å². The molecule has 0 bridgehead atoms. The summed E-state index contributed by atoms with van der Waals surface area (Å²) < 4.78 is 32.1. The van der Waals surface area contributed by atoms with E-state index in [1.807, 2.05) is 0 Å². The summed E-state index contributed by atoms with van der Waals surface area (Å²) in [5, 5.41) is 6.70. The van der Waals surface area contributed by atoms with Gasteiger partial charge in [-0.25, -0.2) is 8.42 Å². The molecule has 152 valence electrons. The zero-order chi connectivity index (χ0) is 20.5. The Kier molecular flexibility index (Phi) is 5.58. The highest BCUT2D eigenvalue weighted by molar-refractivity contribution is 7.89. The van der Waals surface area contributed by atoms with E-state index < -0.39 is 15.6 Å². The summed E-state index contributed by atoms with van der Waals surface area (Å²) >= 11 is 0. The highest BCUT2D eigenvalue weighted by Gasteiger charge is 2.30. The lowest BCUT2D eigenvalue weighted by Crippen LogP contribution is -2.42. The second kappa shape index (κ2) is 7.63. The predicted molar refractivity (Wildman–Crippen MR) is 103 cm³/mol. The van der Waals surface area contributed by atoms with E-state index in [4.69, 9.17) is 4.52 Å². The van der Waals surface area contributed by atoms with Gasteiger partial charge in [-0.2, -0.15) is 9.29 Å². The van der Waals surface area contributed by atoms with E-state index in [2.05, 4.69) is 22.4 Å². The number of aryl methyl sites for hydroxylation is 1. The zero-order valence-corrected chi connectivity index (χ0v) is 17.4. The van der Waals surface area contributed by atoms with Crippen LogP contribution in [0.3, 0.4) is 0 Å². The lowest BCUT2D eigenvalue weighted by Gasteiger charge is -2.29. The van der Waals surface area contributed by atoms with Gasteiger partial charge in [0.05, 0.1) is 10.4 Å². The first-order chi connectivity index (χ1) is 13.1. The molecule has 9 heteroatoms. The first-order valence-electron chi connectivity index (χ1n) is 9.33. The van der Waals surface area contributed by atoms with Crippen molar-refractivity contribution in [3.8, 4) is 0 Å². The summed E-state index contributed by atoms with van der Waals surface area (Å²) in [7, 11) is -3.53. The minimum atomic E-state index is -3.53. The van der Waals surface area contributed by atoms with E-state index in [0.29, 0.717) is 36.3 Å². The first-order valence-corrected chi connectivity index (χ1v) is 10.8. The number of nitrogens with zero attached hydrogens (tertiary/aromatic N) is 3. The van der Waals surface area contributed by atoms with E-state index in [1.165, 1.54) is 28.6 Å². The second-order valence-corrected chi connectivity index (χ2v) is 9.77. The average molecular weight is 407 g/mol. The topological polar surface area (TPSA) is 105 Å². The smallest absolute Gasteiger partial charge is 0.252 e. The van der Waals surface area contributed by atoms with Crippen LogP contribution in [0.2, 0.25) is 0 Å². The van der Waals surface area contributed by atoms with Gasteiger partial charge in [0.1, 0.15) is 0 Å². The normalized spacial score (nSPS) is 16.9. The molecule has 1 aliphatic rings. The van der Waals surface area contributed by atoms with Crippen molar-refractivity contribution < 1.29 is 17.7 Å². The van der Waals surface area contributed by atoms with Gasteiger partial charge >= 0.3 is 0 Å². The van der Waals surface area contributed by atoms with E-state index >= 15 is 0 Å². The highest BCUT2D eigenvalue weighted by atomic mass is 32.2. The summed E-state index contributed by atoms with van der Waals surface area (Å²) in [4.78, 5) is 16.9. The molecule has 1 N–H and O–H groups in total. The molecule has 1 aliphatic heterocycles. The average Bonchev–Trinajstić information content (AvgIpc) is 3.09. The van der Waals surface area contributed by atoms with Gasteiger partial charge in [0.25, 0.3) is 5.91 Å². The van der Waals surface area contributed by atoms with Gasteiger partial charge in [0, 0.05) is 25.6 Å². The summed E-state index contributed by atoms with van der Waals surface area (Å²) in [6.07, 6.45) is 1.73. The Morgan fingerprint density at radius 2 is 1.82 bits per heavy atom. The van der Waals surface area contributed by atoms with Gasteiger partial charge in [-0.05, 0) is 56.9 Å². The Morgan fingerprint density at radius 1 is 1.21 bits per heavy atom. The van der Waals surface area contributed by atoms with E-state index in [-0.39, 0.29) is 10.8 Å². The fourth-order valence-electron chi connectivity index (χ4n) is 3.12. The molecule has 1 fully saturated rings. The Labute approximate surface area is 165 Å². The van der Waals surface area contributed by atoms with Gasteiger partial charge in [-0.15, -0.1) is 0 Å². The molecule has 1 aromatic carbocycles. The molecule has 1 amide bonds. The molecule has 1 saturated heterocycles. The number of carbonyl (C=O) groups excluding carboxylic acids is 1. The molecule has 2 heterocycles. The number of nitrogens with one attached hydrogen (secondary N) is 1. The number of aromatic nitrogens is 2. The van der Waals surface area contributed by atoms with Crippen LogP contribution in [0.25, 0.3) is 0 Å². The van der Waals surface area contributed by atoms with Crippen LogP contribution in [0.1, 0.15) is 55.7 Å². The molecule has 28 heavy (non-hydrogen) atoms. The fourth-order valence-corrected chi connectivity index (χ4v) is 4.59. The molecule has 1 aromatic heterocycles. The van der Waals surface area contributed by atoms with Crippen molar-refractivity contribution in [3.63, 3.8) is 0 Å². The summed E-state index contributed by atoms with van der Waals surface area (Å²) in [5.74, 6) is 0.989. The summed E-state index contributed by atoms with van der Waals surface area (Å²) in [6, 6.07) is 6.00. The molecule has 0 radical (unpaired) electrons. The van der Waals surface area contributed by atoms with Gasteiger partial charge in [-0.3, -0.25) is 4.79 Å². The Morgan fingerprint density at radius 3 is 2.36 bits per heavy atom. The Hall–Kier alpha value is -2.26. The third kappa shape index (κ3) is 4.25. The van der Waals surface area contributed by atoms with Gasteiger partial charge < -0.3 is 9.84 Å². The van der Waals surface area contributed by atoms with Crippen molar-refractivity contribution in [2.24, 2.45) is 5.92 Å². The fraction of sp³-hybridized carbons (Fsp3) is 0.526. The van der Waals surface area contributed by atoms with Crippen LogP contribution in [-0.2, 0) is 15.6 Å². The van der Waals surface area contributed by atoms with Crippen molar-refractivity contribution in [1.82, 2.24) is 19.8 Å². The zero-order valence-electron chi connectivity index (χ0n) is 16.6. The van der Waals surface area contributed by atoms with Crippen LogP contribution in [0.4, 0.5) is 0 Å². The van der Waals surface area contributed by atoms with Crippen LogP contribution in [-0.4, -0.2) is 41.9 Å². The van der Waals surface area contributed by atoms with Crippen molar-refractivity contribution in [2.45, 2.75) is 51.0 Å². The largest absolute Gasteiger partial charge is 0.340 e. The molecule has 2 aromatic rings. The van der Waals surface area contributed by atoms with Crippen LogP contribution >= 0.6 is 0 Å². The monoisotopic (exact) mass is 406 g/mol. The number of rotatable bonds is 5. The quantitative estimate of drug-likeness (QED) is 0.818. The molecular weight excluding hydrogens is 380 g/mol. The number of sulfonamides is 1. The van der Waals surface area contributed by atoms with Gasteiger partial charge in [-0.1, -0.05) is 12.1 Å². The number of hydrogen-bond donors (Lipinski definition) is 1.